The van der Waals surface area contributed by atoms with E-state index in [2.05, 4.69) is 4.57 Å². The average molecular weight is 563 g/mol. The highest BCUT2D eigenvalue weighted by molar-refractivity contribution is 8.18. The zero-order valence-corrected chi connectivity index (χ0v) is 23.5. The number of ether oxygens (including phenoxy) is 1. The fourth-order valence-corrected chi connectivity index (χ4v) is 5.98. The van der Waals surface area contributed by atoms with E-state index >= 15 is 0 Å². The van der Waals surface area contributed by atoms with E-state index in [0.717, 1.165) is 56.3 Å². The standard InChI is InChI=1S/C34H27FN2O3S/c1-22-18-27(23(2)37(22)29-14-16-30(17-15-29)40-21-24-10-12-28(35)13-11-24)19-32-33(38)36(34(39)41-32)20-26-8-5-7-25-6-3-4-9-31(25)26/h3-19H,20-21H2,1-2H3/b32-19+. The third-order valence-electron chi connectivity index (χ3n) is 7.25. The first-order chi connectivity index (χ1) is 19.9. The third kappa shape index (κ3) is 5.41. The number of nitrogens with zero attached hydrogens (tertiary/aromatic N) is 2. The summed E-state index contributed by atoms with van der Waals surface area (Å²) in [6, 6.07) is 29.9. The van der Waals surface area contributed by atoms with Crippen LogP contribution in [0.4, 0.5) is 9.18 Å². The van der Waals surface area contributed by atoms with Crippen molar-refractivity contribution in [2.24, 2.45) is 0 Å². The first-order valence-corrected chi connectivity index (χ1v) is 14.1. The van der Waals surface area contributed by atoms with Crippen molar-refractivity contribution in [2.75, 3.05) is 0 Å². The molecule has 5 aromatic rings. The summed E-state index contributed by atoms with van der Waals surface area (Å²) in [7, 11) is 0. The summed E-state index contributed by atoms with van der Waals surface area (Å²) in [6.07, 6.45) is 1.81. The van der Waals surface area contributed by atoms with E-state index in [1.54, 1.807) is 12.1 Å². The number of hydrogen-bond donors (Lipinski definition) is 0. The molecule has 0 spiro atoms. The van der Waals surface area contributed by atoms with Crippen LogP contribution in [-0.2, 0) is 17.9 Å². The molecule has 0 atom stereocenters. The van der Waals surface area contributed by atoms with Gasteiger partial charge in [0, 0.05) is 17.1 Å². The van der Waals surface area contributed by atoms with E-state index in [4.69, 9.17) is 4.74 Å². The van der Waals surface area contributed by atoms with Gasteiger partial charge in [0.2, 0.25) is 0 Å². The van der Waals surface area contributed by atoms with Gasteiger partial charge in [-0.2, -0.15) is 0 Å². The Balaban J connectivity index is 1.19. The predicted octanol–water partition coefficient (Wildman–Crippen LogP) is 8.20. The Morgan fingerprint density at radius 1 is 0.878 bits per heavy atom. The van der Waals surface area contributed by atoms with Crippen molar-refractivity contribution < 1.29 is 18.7 Å². The molecule has 1 aliphatic rings. The largest absolute Gasteiger partial charge is 0.489 e. The molecule has 4 aromatic carbocycles. The van der Waals surface area contributed by atoms with E-state index < -0.39 is 0 Å². The van der Waals surface area contributed by atoms with Crippen LogP contribution >= 0.6 is 11.8 Å². The summed E-state index contributed by atoms with van der Waals surface area (Å²) in [6.45, 7) is 4.59. The first-order valence-electron chi connectivity index (χ1n) is 13.3. The molecule has 2 amide bonds. The zero-order valence-electron chi connectivity index (χ0n) is 22.6. The number of benzene rings is 4. The number of carbonyl (C=O) groups excluding carboxylic acids is 2. The smallest absolute Gasteiger partial charge is 0.293 e. The lowest BCUT2D eigenvalue weighted by atomic mass is 10.0. The van der Waals surface area contributed by atoms with Crippen molar-refractivity contribution in [1.82, 2.24) is 9.47 Å². The lowest BCUT2D eigenvalue weighted by molar-refractivity contribution is -0.123. The minimum atomic E-state index is -0.277. The number of rotatable bonds is 7. The number of halogens is 1. The zero-order chi connectivity index (χ0) is 28.5. The molecule has 0 radical (unpaired) electrons. The molecule has 0 unspecified atom stereocenters. The van der Waals surface area contributed by atoms with Gasteiger partial charge < -0.3 is 9.30 Å². The molecule has 2 heterocycles. The van der Waals surface area contributed by atoms with Crippen LogP contribution < -0.4 is 4.74 Å². The van der Waals surface area contributed by atoms with Gasteiger partial charge in [-0.25, -0.2) is 4.39 Å². The molecular weight excluding hydrogens is 535 g/mol. The van der Waals surface area contributed by atoms with Crippen LogP contribution in [0.5, 0.6) is 5.75 Å². The van der Waals surface area contributed by atoms with Crippen LogP contribution in [0.25, 0.3) is 22.5 Å². The maximum atomic E-state index is 13.3. The van der Waals surface area contributed by atoms with Crippen LogP contribution in [0.15, 0.2) is 102 Å². The molecule has 41 heavy (non-hydrogen) atoms. The van der Waals surface area contributed by atoms with E-state index in [1.807, 2.05) is 92.7 Å². The van der Waals surface area contributed by atoms with Crippen molar-refractivity contribution in [2.45, 2.75) is 27.0 Å². The van der Waals surface area contributed by atoms with E-state index in [0.29, 0.717) is 17.3 Å². The van der Waals surface area contributed by atoms with Gasteiger partial charge in [-0.05, 0) is 102 Å². The van der Waals surface area contributed by atoms with Crippen molar-refractivity contribution in [3.63, 3.8) is 0 Å². The maximum Gasteiger partial charge on any atom is 0.293 e. The highest BCUT2D eigenvalue weighted by atomic mass is 32.2. The number of amides is 2. The van der Waals surface area contributed by atoms with E-state index in [1.165, 1.54) is 17.0 Å². The topological polar surface area (TPSA) is 51.5 Å². The SMILES string of the molecule is Cc1cc(/C=C2/SC(=O)N(Cc3cccc4ccccc34)C2=O)c(C)n1-c1ccc(OCc2ccc(F)cc2)cc1. The minimum absolute atomic E-state index is 0.234. The first kappa shape index (κ1) is 26.6. The quantitative estimate of drug-likeness (QED) is 0.188. The molecule has 204 valence electrons. The second kappa shape index (κ2) is 11.1. The second-order valence-corrected chi connectivity index (χ2v) is 11.0. The molecule has 1 aliphatic heterocycles. The number of imide groups is 1. The summed E-state index contributed by atoms with van der Waals surface area (Å²) >= 11 is 0.979. The number of thioether (sulfide) groups is 1. The molecule has 6 rings (SSSR count). The Bertz CT molecular complexity index is 1800. The van der Waals surface area contributed by atoms with Crippen molar-refractivity contribution >= 4 is 39.8 Å². The highest BCUT2D eigenvalue weighted by Crippen LogP contribution is 2.35. The summed E-state index contributed by atoms with van der Waals surface area (Å²) in [4.78, 5) is 28.0. The monoisotopic (exact) mass is 562 g/mol. The van der Waals surface area contributed by atoms with Gasteiger partial charge in [-0.3, -0.25) is 14.5 Å². The minimum Gasteiger partial charge on any atom is -0.489 e. The number of hydrogen-bond acceptors (Lipinski definition) is 4. The van der Waals surface area contributed by atoms with Crippen LogP contribution in [0, 0.1) is 19.7 Å². The Hall–Kier alpha value is -4.62. The summed E-state index contributed by atoms with van der Waals surface area (Å²) < 4.78 is 21.1. The summed E-state index contributed by atoms with van der Waals surface area (Å²) in [5.74, 6) is 0.160. The molecule has 1 saturated heterocycles. The second-order valence-electron chi connectivity index (χ2n) is 9.98. The normalized spacial score (nSPS) is 14.4. The van der Waals surface area contributed by atoms with Crippen molar-refractivity contribution in [3.8, 4) is 11.4 Å². The fraction of sp³-hybridized carbons (Fsp3) is 0.118. The van der Waals surface area contributed by atoms with Gasteiger partial charge in [0.1, 0.15) is 18.2 Å². The van der Waals surface area contributed by atoms with Gasteiger partial charge in [0.05, 0.1) is 11.4 Å². The van der Waals surface area contributed by atoms with Gasteiger partial charge in [-0.15, -0.1) is 0 Å². The number of aryl methyl sites for hydroxylation is 1. The van der Waals surface area contributed by atoms with Crippen LogP contribution in [0.2, 0.25) is 0 Å². The fourth-order valence-electron chi connectivity index (χ4n) is 5.15. The lowest BCUT2D eigenvalue weighted by Gasteiger charge is -2.14. The van der Waals surface area contributed by atoms with Crippen molar-refractivity contribution in [3.05, 3.63) is 136 Å². The molecule has 7 heteroatoms. The Kier molecular flexibility index (Phi) is 7.20. The Morgan fingerprint density at radius 3 is 2.39 bits per heavy atom. The molecule has 5 nitrogen and oxygen atoms in total. The third-order valence-corrected chi connectivity index (χ3v) is 8.16. The molecular formula is C34H27FN2O3S. The Morgan fingerprint density at radius 2 is 1.61 bits per heavy atom. The molecule has 0 bridgehead atoms. The highest BCUT2D eigenvalue weighted by Gasteiger charge is 2.35. The van der Waals surface area contributed by atoms with Gasteiger partial charge in [0.25, 0.3) is 11.1 Å². The summed E-state index contributed by atoms with van der Waals surface area (Å²) in [5.41, 5.74) is 5.63. The van der Waals surface area contributed by atoms with Crippen LogP contribution in [0.3, 0.4) is 0 Å². The lowest BCUT2D eigenvalue weighted by Crippen LogP contribution is -2.27. The van der Waals surface area contributed by atoms with Crippen LogP contribution in [-0.4, -0.2) is 20.6 Å². The Labute approximate surface area is 241 Å². The molecule has 0 saturated carbocycles. The predicted molar refractivity (Wildman–Crippen MR) is 161 cm³/mol. The van der Waals surface area contributed by atoms with E-state index in [9.17, 15) is 14.0 Å². The average Bonchev–Trinajstić information content (AvgIpc) is 3.41. The molecule has 1 fully saturated rings. The van der Waals surface area contributed by atoms with Gasteiger partial charge >= 0.3 is 0 Å². The van der Waals surface area contributed by atoms with E-state index in [-0.39, 0.29) is 23.5 Å². The number of carbonyl (C=O) groups is 2. The maximum absolute atomic E-state index is 13.3. The number of aromatic nitrogens is 1. The van der Waals surface area contributed by atoms with Crippen molar-refractivity contribution in [1.29, 1.82) is 0 Å². The van der Waals surface area contributed by atoms with Gasteiger partial charge in [-0.1, -0.05) is 54.6 Å². The van der Waals surface area contributed by atoms with Gasteiger partial charge in [0.15, 0.2) is 0 Å². The molecule has 0 aliphatic carbocycles. The summed E-state index contributed by atoms with van der Waals surface area (Å²) in [5, 5.41) is 1.85. The molecule has 0 N–H and O–H groups in total. The van der Waals surface area contributed by atoms with Crippen LogP contribution in [0.1, 0.15) is 28.1 Å². The molecule has 1 aromatic heterocycles. The number of fused-ring (bicyclic) bond motifs is 1.